The normalized spacial score (nSPS) is 16.3. The molecular formula is C23H29N3O3S. The van der Waals surface area contributed by atoms with Gasteiger partial charge in [0.1, 0.15) is 0 Å². The highest BCUT2D eigenvalue weighted by molar-refractivity contribution is 7.14. The van der Waals surface area contributed by atoms with Crippen molar-refractivity contribution in [1.29, 1.82) is 0 Å². The largest absolute Gasteiger partial charge is 0.338 e. The Bertz CT molecular complexity index is 946. The Morgan fingerprint density at radius 1 is 1.07 bits per heavy atom. The molecule has 1 fully saturated rings. The lowest BCUT2D eigenvalue weighted by molar-refractivity contribution is -0.127. The fourth-order valence-electron chi connectivity index (χ4n) is 3.92. The van der Waals surface area contributed by atoms with Crippen molar-refractivity contribution in [1.82, 2.24) is 15.8 Å². The SMILES string of the molecule is CCc1sc(C(=O)NNC(=O)[C@H]2CCCN(C(=O)c3cc(C)cc(C)c3)C2)cc1C. The first-order chi connectivity index (χ1) is 14.3. The molecule has 2 aromatic rings. The van der Waals surface area contributed by atoms with Gasteiger partial charge < -0.3 is 4.90 Å². The van der Waals surface area contributed by atoms with Gasteiger partial charge >= 0.3 is 0 Å². The van der Waals surface area contributed by atoms with E-state index in [0.717, 1.165) is 29.5 Å². The molecule has 0 bridgehead atoms. The van der Waals surface area contributed by atoms with Gasteiger partial charge in [0.05, 0.1) is 10.8 Å². The van der Waals surface area contributed by atoms with Gasteiger partial charge in [0.25, 0.3) is 11.8 Å². The summed E-state index contributed by atoms with van der Waals surface area (Å²) < 4.78 is 0. The molecule has 1 saturated heterocycles. The van der Waals surface area contributed by atoms with Gasteiger partial charge in [-0.05, 0) is 63.8 Å². The molecule has 0 aliphatic carbocycles. The highest BCUT2D eigenvalue weighted by atomic mass is 32.1. The number of rotatable bonds is 4. The van der Waals surface area contributed by atoms with E-state index in [1.165, 1.54) is 16.2 Å². The first-order valence-corrected chi connectivity index (χ1v) is 11.2. The van der Waals surface area contributed by atoms with Crippen molar-refractivity contribution in [2.24, 2.45) is 5.92 Å². The van der Waals surface area contributed by atoms with E-state index in [1.807, 2.05) is 45.0 Å². The molecule has 0 saturated carbocycles. The van der Waals surface area contributed by atoms with Gasteiger partial charge in [0.15, 0.2) is 0 Å². The molecule has 7 heteroatoms. The Balaban J connectivity index is 1.58. The van der Waals surface area contributed by atoms with Crippen molar-refractivity contribution in [3.8, 4) is 0 Å². The summed E-state index contributed by atoms with van der Waals surface area (Å²) in [6, 6.07) is 7.64. The second-order valence-corrected chi connectivity index (χ2v) is 9.12. The Morgan fingerprint density at radius 2 is 1.77 bits per heavy atom. The van der Waals surface area contributed by atoms with Gasteiger partial charge in [-0.3, -0.25) is 25.2 Å². The van der Waals surface area contributed by atoms with E-state index in [9.17, 15) is 14.4 Å². The zero-order valence-electron chi connectivity index (χ0n) is 18.0. The van der Waals surface area contributed by atoms with Gasteiger partial charge in [-0.1, -0.05) is 24.1 Å². The van der Waals surface area contributed by atoms with Crippen molar-refractivity contribution in [2.45, 2.75) is 47.0 Å². The van der Waals surface area contributed by atoms with E-state index in [2.05, 4.69) is 17.8 Å². The maximum Gasteiger partial charge on any atom is 0.279 e. The lowest BCUT2D eigenvalue weighted by Gasteiger charge is -2.32. The van der Waals surface area contributed by atoms with E-state index in [-0.39, 0.29) is 23.6 Å². The summed E-state index contributed by atoms with van der Waals surface area (Å²) in [5, 5.41) is 0. The summed E-state index contributed by atoms with van der Waals surface area (Å²) in [4.78, 5) is 41.4. The number of likely N-dealkylation sites (tertiary alicyclic amines) is 1. The molecule has 1 aliphatic rings. The third kappa shape index (κ3) is 5.08. The van der Waals surface area contributed by atoms with Gasteiger partial charge in [0, 0.05) is 23.5 Å². The summed E-state index contributed by atoms with van der Waals surface area (Å²) in [7, 11) is 0. The van der Waals surface area contributed by atoms with Crippen LogP contribution in [0.15, 0.2) is 24.3 Å². The molecule has 1 aliphatic heterocycles. The van der Waals surface area contributed by atoms with Crippen molar-refractivity contribution in [2.75, 3.05) is 13.1 Å². The van der Waals surface area contributed by atoms with Crippen LogP contribution in [0.5, 0.6) is 0 Å². The summed E-state index contributed by atoms with van der Waals surface area (Å²) in [5.74, 6) is -0.963. The number of hydrogen-bond donors (Lipinski definition) is 2. The van der Waals surface area contributed by atoms with Crippen LogP contribution in [0.25, 0.3) is 0 Å². The van der Waals surface area contributed by atoms with E-state index in [1.54, 1.807) is 4.90 Å². The number of amides is 3. The highest BCUT2D eigenvalue weighted by Crippen LogP contribution is 2.22. The monoisotopic (exact) mass is 427 g/mol. The Kier molecular flexibility index (Phi) is 6.92. The molecule has 1 aromatic heterocycles. The molecule has 0 spiro atoms. The lowest BCUT2D eigenvalue weighted by atomic mass is 9.96. The molecule has 1 atom stereocenters. The van der Waals surface area contributed by atoms with E-state index in [4.69, 9.17) is 0 Å². The second-order valence-electron chi connectivity index (χ2n) is 7.98. The Hall–Kier alpha value is -2.67. The Labute approximate surface area is 181 Å². The van der Waals surface area contributed by atoms with Crippen LogP contribution in [-0.2, 0) is 11.2 Å². The number of piperidine rings is 1. The predicted molar refractivity (Wildman–Crippen MR) is 119 cm³/mol. The average molecular weight is 428 g/mol. The minimum absolute atomic E-state index is 0.0514. The first-order valence-electron chi connectivity index (χ1n) is 10.4. The zero-order valence-corrected chi connectivity index (χ0v) is 18.8. The smallest absolute Gasteiger partial charge is 0.279 e. The van der Waals surface area contributed by atoms with Crippen LogP contribution in [0.4, 0.5) is 0 Å². The molecule has 0 unspecified atom stereocenters. The molecule has 1 aromatic carbocycles. The fourth-order valence-corrected chi connectivity index (χ4v) is 4.93. The van der Waals surface area contributed by atoms with Crippen molar-refractivity contribution in [3.63, 3.8) is 0 Å². The molecule has 160 valence electrons. The van der Waals surface area contributed by atoms with Crippen LogP contribution in [0, 0.1) is 26.7 Å². The standard InChI is InChI=1S/C23H29N3O3S/c1-5-19-16(4)12-20(30-19)22(28)25-24-21(27)17-7-6-8-26(13-17)23(29)18-10-14(2)9-15(3)11-18/h9-12,17H,5-8,13H2,1-4H3,(H,24,27)(H,25,28)/t17-/m0/s1. The average Bonchev–Trinajstić information content (AvgIpc) is 3.11. The first kappa shape index (κ1) is 22.0. The molecule has 3 rings (SSSR count). The highest BCUT2D eigenvalue weighted by Gasteiger charge is 2.29. The second kappa shape index (κ2) is 9.43. The molecule has 3 amide bonds. The van der Waals surface area contributed by atoms with Crippen LogP contribution in [0.1, 0.15) is 61.4 Å². The van der Waals surface area contributed by atoms with E-state index < -0.39 is 0 Å². The molecule has 2 heterocycles. The van der Waals surface area contributed by atoms with Gasteiger partial charge in [-0.15, -0.1) is 11.3 Å². The summed E-state index contributed by atoms with van der Waals surface area (Å²) in [6.07, 6.45) is 2.32. The number of benzene rings is 1. The zero-order chi connectivity index (χ0) is 21.8. The number of carbonyl (C=O) groups excluding carboxylic acids is 3. The molecular weight excluding hydrogens is 398 g/mol. The summed E-state index contributed by atoms with van der Waals surface area (Å²) in [6.45, 7) is 8.96. The van der Waals surface area contributed by atoms with Crippen LogP contribution in [0.2, 0.25) is 0 Å². The maximum atomic E-state index is 12.9. The molecule has 30 heavy (non-hydrogen) atoms. The number of thiophene rings is 1. The minimum Gasteiger partial charge on any atom is -0.338 e. The third-order valence-electron chi connectivity index (χ3n) is 5.41. The van der Waals surface area contributed by atoms with Crippen molar-refractivity contribution < 1.29 is 14.4 Å². The fraction of sp³-hybridized carbons (Fsp3) is 0.435. The number of nitrogens with zero attached hydrogens (tertiary/aromatic N) is 1. The predicted octanol–water partition coefficient (Wildman–Crippen LogP) is 3.55. The lowest BCUT2D eigenvalue weighted by Crippen LogP contribution is -2.50. The maximum absolute atomic E-state index is 12.9. The molecule has 6 nitrogen and oxygen atoms in total. The van der Waals surface area contributed by atoms with Crippen molar-refractivity contribution in [3.05, 3.63) is 56.3 Å². The number of aryl methyl sites for hydroxylation is 4. The number of carbonyl (C=O) groups is 3. The van der Waals surface area contributed by atoms with Crippen LogP contribution in [-0.4, -0.2) is 35.7 Å². The molecule has 0 radical (unpaired) electrons. The summed E-state index contributed by atoms with van der Waals surface area (Å²) >= 11 is 1.44. The van der Waals surface area contributed by atoms with Crippen LogP contribution in [0.3, 0.4) is 0 Å². The van der Waals surface area contributed by atoms with Gasteiger partial charge in [0.2, 0.25) is 5.91 Å². The van der Waals surface area contributed by atoms with E-state index >= 15 is 0 Å². The van der Waals surface area contributed by atoms with Gasteiger partial charge in [-0.25, -0.2) is 0 Å². The van der Waals surface area contributed by atoms with Crippen LogP contribution < -0.4 is 10.9 Å². The third-order valence-corrected chi connectivity index (χ3v) is 6.79. The quantitative estimate of drug-likeness (QED) is 0.733. The number of hydrogen-bond acceptors (Lipinski definition) is 4. The summed E-state index contributed by atoms with van der Waals surface area (Å²) in [5.41, 5.74) is 8.90. The number of hydrazine groups is 1. The molecule has 2 N–H and O–H groups in total. The van der Waals surface area contributed by atoms with Crippen molar-refractivity contribution >= 4 is 29.1 Å². The number of nitrogens with one attached hydrogen (secondary N) is 2. The van der Waals surface area contributed by atoms with Crippen LogP contribution >= 0.6 is 11.3 Å². The minimum atomic E-state index is -0.342. The van der Waals surface area contributed by atoms with Gasteiger partial charge in [-0.2, -0.15) is 0 Å². The Morgan fingerprint density at radius 3 is 2.40 bits per heavy atom. The topological polar surface area (TPSA) is 78.5 Å². The van der Waals surface area contributed by atoms with E-state index in [0.29, 0.717) is 30.0 Å².